The van der Waals surface area contributed by atoms with Gasteiger partial charge in [-0.25, -0.2) is 0 Å². The first-order chi connectivity index (χ1) is 11.6. The molecule has 0 radical (unpaired) electrons. The van der Waals surface area contributed by atoms with Crippen molar-refractivity contribution in [3.05, 3.63) is 0 Å². The highest BCUT2D eigenvalue weighted by atomic mass is 16.5. The van der Waals surface area contributed by atoms with Gasteiger partial charge in [0.2, 0.25) is 11.8 Å². The number of Topliss-reactive ketones (excluding diaryl/α,β-unsaturated/α-hetero) is 1. The summed E-state index contributed by atoms with van der Waals surface area (Å²) in [6.45, 7) is 5.49. The lowest BCUT2D eigenvalue weighted by atomic mass is 9.83. The number of hydrogen-bond donors (Lipinski definition) is 2. The van der Waals surface area contributed by atoms with Gasteiger partial charge in [-0.15, -0.1) is 0 Å². The van der Waals surface area contributed by atoms with Crippen molar-refractivity contribution >= 4 is 17.6 Å². The Balaban J connectivity index is 2.08. The fourth-order valence-corrected chi connectivity index (χ4v) is 3.05. The minimum atomic E-state index is -0.0407. The van der Waals surface area contributed by atoms with Gasteiger partial charge in [-0.1, -0.05) is 6.92 Å². The predicted molar refractivity (Wildman–Crippen MR) is 92.5 cm³/mol. The number of ketones is 1. The maximum absolute atomic E-state index is 11.9. The zero-order valence-corrected chi connectivity index (χ0v) is 15.1. The molecule has 0 aromatic heterocycles. The summed E-state index contributed by atoms with van der Waals surface area (Å²) in [4.78, 5) is 35.2. The van der Waals surface area contributed by atoms with E-state index in [1.807, 2.05) is 13.8 Å². The van der Waals surface area contributed by atoms with Gasteiger partial charge in [0.15, 0.2) is 0 Å². The smallest absolute Gasteiger partial charge is 0.220 e. The fraction of sp³-hybridized carbons (Fsp3) is 0.833. The number of hydrogen-bond acceptors (Lipinski definition) is 4. The fourth-order valence-electron chi connectivity index (χ4n) is 3.05. The average molecular weight is 340 g/mol. The van der Waals surface area contributed by atoms with E-state index in [0.29, 0.717) is 51.2 Å². The van der Waals surface area contributed by atoms with Crippen molar-refractivity contribution in [2.75, 3.05) is 19.8 Å². The second-order valence-corrected chi connectivity index (χ2v) is 6.34. The molecule has 1 aliphatic carbocycles. The van der Waals surface area contributed by atoms with E-state index in [2.05, 4.69) is 10.6 Å². The van der Waals surface area contributed by atoms with Crippen LogP contribution in [-0.2, 0) is 19.1 Å². The van der Waals surface area contributed by atoms with Gasteiger partial charge in [0, 0.05) is 44.4 Å². The van der Waals surface area contributed by atoms with Crippen LogP contribution in [0.3, 0.4) is 0 Å². The van der Waals surface area contributed by atoms with Gasteiger partial charge in [0.25, 0.3) is 0 Å². The summed E-state index contributed by atoms with van der Waals surface area (Å²) in [7, 11) is 0. The van der Waals surface area contributed by atoms with Crippen LogP contribution in [0, 0.1) is 5.92 Å². The molecule has 6 heteroatoms. The van der Waals surface area contributed by atoms with Crippen LogP contribution in [-0.4, -0.2) is 43.4 Å². The van der Waals surface area contributed by atoms with Crippen molar-refractivity contribution in [2.24, 2.45) is 5.92 Å². The monoisotopic (exact) mass is 340 g/mol. The molecule has 0 aromatic carbocycles. The third-order valence-electron chi connectivity index (χ3n) is 4.48. The van der Waals surface area contributed by atoms with E-state index in [0.717, 1.165) is 25.7 Å². The Morgan fingerprint density at radius 2 is 1.67 bits per heavy atom. The van der Waals surface area contributed by atoms with Gasteiger partial charge in [0.05, 0.1) is 6.61 Å². The van der Waals surface area contributed by atoms with E-state index in [-0.39, 0.29) is 23.8 Å². The summed E-state index contributed by atoms with van der Waals surface area (Å²) in [6, 6.07) is 0.179. The van der Waals surface area contributed by atoms with Crippen LogP contribution in [0.25, 0.3) is 0 Å². The molecule has 6 nitrogen and oxygen atoms in total. The first-order valence-electron chi connectivity index (χ1n) is 9.23. The van der Waals surface area contributed by atoms with E-state index >= 15 is 0 Å². The lowest BCUT2D eigenvalue weighted by Crippen LogP contribution is -2.38. The molecule has 2 amide bonds. The van der Waals surface area contributed by atoms with Crippen LogP contribution in [0.4, 0.5) is 0 Å². The number of amides is 2. The molecular weight excluding hydrogens is 308 g/mol. The van der Waals surface area contributed by atoms with Crippen LogP contribution in [0.2, 0.25) is 0 Å². The Kier molecular flexibility index (Phi) is 10.3. The van der Waals surface area contributed by atoms with Crippen molar-refractivity contribution in [2.45, 2.75) is 71.3 Å². The van der Waals surface area contributed by atoms with Crippen LogP contribution in [0.15, 0.2) is 0 Å². The molecular formula is C18H32N2O4. The van der Waals surface area contributed by atoms with Crippen molar-refractivity contribution in [3.8, 4) is 0 Å². The Bertz CT molecular complexity index is 404. The van der Waals surface area contributed by atoms with E-state index in [1.54, 1.807) is 0 Å². The summed E-state index contributed by atoms with van der Waals surface area (Å²) in [6.07, 6.45) is 5.38. The number of rotatable bonds is 11. The minimum Gasteiger partial charge on any atom is -0.380 e. The molecule has 24 heavy (non-hydrogen) atoms. The van der Waals surface area contributed by atoms with Crippen molar-refractivity contribution in [1.29, 1.82) is 0 Å². The second-order valence-electron chi connectivity index (χ2n) is 6.34. The molecule has 0 unspecified atom stereocenters. The molecule has 0 heterocycles. The number of nitrogens with one attached hydrogen (secondary N) is 2. The van der Waals surface area contributed by atoms with Gasteiger partial charge < -0.3 is 15.4 Å². The molecule has 138 valence electrons. The normalized spacial score (nSPS) is 20.4. The summed E-state index contributed by atoms with van der Waals surface area (Å²) in [5.41, 5.74) is 0. The highest BCUT2D eigenvalue weighted by Gasteiger charge is 2.25. The predicted octanol–water partition coefficient (Wildman–Crippen LogP) is 1.96. The van der Waals surface area contributed by atoms with E-state index in [1.165, 1.54) is 0 Å². The van der Waals surface area contributed by atoms with E-state index in [4.69, 9.17) is 4.74 Å². The second kappa shape index (κ2) is 12.0. The lowest BCUT2D eigenvalue weighted by Gasteiger charge is -2.28. The van der Waals surface area contributed by atoms with Crippen molar-refractivity contribution < 1.29 is 19.1 Å². The summed E-state index contributed by atoms with van der Waals surface area (Å²) >= 11 is 0. The Hall–Kier alpha value is -1.43. The highest BCUT2D eigenvalue weighted by molar-refractivity contribution is 5.81. The van der Waals surface area contributed by atoms with Crippen LogP contribution >= 0.6 is 0 Å². The first-order valence-corrected chi connectivity index (χ1v) is 9.23. The van der Waals surface area contributed by atoms with Gasteiger partial charge in [-0.3, -0.25) is 14.4 Å². The molecule has 1 aliphatic rings. The molecule has 2 N–H and O–H groups in total. The number of carbonyl (C=O) groups excluding carboxylic acids is 3. The average Bonchev–Trinajstić information content (AvgIpc) is 2.58. The largest absolute Gasteiger partial charge is 0.380 e. The summed E-state index contributed by atoms with van der Waals surface area (Å²) < 4.78 is 5.14. The molecule has 0 aliphatic heterocycles. The SMILES string of the molecule is CCOCCNC(=O)CCCC(=O)NC1CCC(C(=O)CC)CC1. The maximum Gasteiger partial charge on any atom is 0.220 e. The molecule has 0 spiro atoms. The van der Waals surface area contributed by atoms with E-state index in [9.17, 15) is 14.4 Å². The van der Waals surface area contributed by atoms with Gasteiger partial charge in [0.1, 0.15) is 5.78 Å². The lowest BCUT2D eigenvalue weighted by molar-refractivity contribution is -0.123. The summed E-state index contributed by atoms with van der Waals surface area (Å²) in [5, 5.41) is 5.79. The first kappa shape index (κ1) is 20.6. The van der Waals surface area contributed by atoms with Gasteiger partial charge in [-0.2, -0.15) is 0 Å². The molecule has 1 rings (SSSR count). The Labute approximate surface area is 145 Å². The van der Waals surface area contributed by atoms with Gasteiger partial charge >= 0.3 is 0 Å². The molecule has 1 saturated carbocycles. The zero-order chi connectivity index (χ0) is 17.8. The Morgan fingerprint density at radius 3 is 2.29 bits per heavy atom. The van der Waals surface area contributed by atoms with Crippen LogP contribution in [0.1, 0.15) is 65.2 Å². The zero-order valence-electron chi connectivity index (χ0n) is 15.1. The third-order valence-corrected chi connectivity index (χ3v) is 4.48. The maximum atomic E-state index is 11.9. The molecule has 0 bridgehead atoms. The topological polar surface area (TPSA) is 84.5 Å². The van der Waals surface area contributed by atoms with E-state index < -0.39 is 0 Å². The third kappa shape index (κ3) is 8.43. The highest BCUT2D eigenvalue weighted by Crippen LogP contribution is 2.25. The standard InChI is InChI=1S/C18H32N2O4/c1-3-16(21)14-8-10-15(11-9-14)20-18(23)7-5-6-17(22)19-12-13-24-4-2/h14-15H,3-13H2,1-2H3,(H,19,22)(H,20,23). The van der Waals surface area contributed by atoms with Crippen LogP contribution in [0.5, 0.6) is 0 Å². The number of ether oxygens (including phenoxy) is 1. The van der Waals surface area contributed by atoms with Crippen molar-refractivity contribution in [1.82, 2.24) is 10.6 Å². The Morgan fingerprint density at radius 1 is 1.00 bits per heavy atom. The molecule has 0 atom stereocenters. The minimum absolute atomic E-state index is 0.00221. The molecule has 1 fully saturated rings. The van der Waals surface area contributed by atoms with Crippen LogP contribution < -0.4 is 10.6 Å². The van der Waals surface area contributed by atoms with Crippen molar-refractivity contribution in [3.63, 3.8) is 0 Å². The number of carbonyl (C=O) groups is 3. The van der Waals surface area contributed by atoms with Gasteiger partial charge in [-0.05, 0) is 39.0 Å². The molecule has 0 aromatic rings. The quantitative estimate of drug-likeness (QED) is 0.563. The summed E-state index contributed by atoms with van der Waals surface area (Å²) in [5.74, 6) is 0.488. The molecule has 0 saturated heterocycles.